The Morgan fingerprint density at radius 3 is 3.00 bits per heavy atom. The summed E-state index contributed by atoms with van der Waals surface area (Å²) in [7, 11) is -3.67. The summed E-state index contributed by atoms with van der Waals surface area (Å²) < 4.78 is 29.7. The highest BCUT2D eigenvalue weighted by atomic mass is 32.2. The molecule has 1 aromatic heterocycles. The number of carboxylic acid groups (broad SMARTS) is 1. The number of benzene rings is 1. The summed E-state index contributed by atoms with van der Waals surface area (Å²) in [5.74, 6) is -1.56. The number of aliphatic carboxylic acids is 1. The number of hydrogen-bond donors (Lipinski definition) is 2. The molecule has 3 rings (SSSR count). The number of nitrogens with zero attached hydrogens (tertiary/aromatic N) is 1. The van der Waals surface area contributed by atoms with E-state index in [1.54, 1.807) is 11.3 Å². The van der Waals surface area contributed by atoms with Gasteiger partial charge in [0.1, 0.15) is 0 Å². The van der Waals surface area contributed by atoms with Crippen LogP contribution in [0, 0.1) is 5.92 Å². The molecule has 1 aliphatic heterocycles. The van der Waals surface area contributed by atoms with Gasteiger partial charge in [0.25, 0.3) is 10.2 Å². The maximum Gasteiger partial charge on any atom is 0.307 e. The minimum Gasteiger partial charge on any atom is -0.481 e. The molecule has 2 aromatic rings. The van der Waals surface area contributed by atoms with E-state index in [1.165, 1.54) is 4.31 Å². The summed E-state index contributed by atoms with van der Waals surface area (Å²) in [5, 5.41) is 12.2. The van der Waals surface area contributed by atoms with Crippen LogP contribution < -0.4 is 4.72 Å². The van der Waals surface area contributed by atoms with Gasteiger partial charge >= 0.3 is 5.97 Å². The van der Waals surface area contributed by atoms with Crippen molar-refractivity contribution in [2.45, 2.75) is 19.4 Å². The van der Waals surface area contributed by atoms with E-state index in [0.29, 0.717) is 19.4 Å². The van der Waals surface area contributed by atoms with Gasteiger partial charge in [-0.15, -0.1) is 11.3 Å². The van der Waals surface area contributed by atoms with E-state index < -0.39 is 22.1 Å². The number of rotatable bonds is 5. The second-order valence-corrected chi connectivity index (χ2v) is 8.36. The number of thiophene rings is 1. The van der Waals surface area contributed by atoms with Gasteiger partial charge in [-0.1, -0.05) is 6.07 Å². The van der Waals surface area contributed by atoms with Crippen molar-refractivity contribution >= 4 is 37.6 Å². The lowest BCUT2D eigenvalue weighted by Crippen LogP contribution is -2.47. The average Bonchev–Trinajstić information content (AvgIpc) is 3.01. The molecule has 1 unspecified atom stereocenters. The van der Waals surface area contributed by atoms with E-state index in [1.807, 2.05) is 29.6 Å². The summed E-state index contributed by atoms with van der Waals surface area (Å²) in [4.78, 5) is 11.1. The third-order valence-electron chi connectivity index (χ3n) is 4.05. The van der Waals surface area contributed by atoms with Gasteiger partial charge in [0.15, 0.2) is 0 Å². The smallest absolute Gasteiger partial charge is 0.307 e. The zero-order valence-electron chi connectivity index (χ0n) is 12.4. The van der Waals surface area contributed by atoms with Crippen LogP contribution in [0.5, 0.6) is 0 Å². The monoisotopic (exact) mass is 354 g/mol. The van der Waals surface area contributed by atoms with E-state index in [2.05, 4.69) is 4.72 Å². The summed E-state index contributed by atoms with van der Waals surface area (Å²) in [5.41, 5.74) is 0.881. The molecule has 0 bridgehead atoms. The van der Waals surface area contributed by atoms with Gasteiger partial charge in [0.05, 0.1) is 5.92 Å². The van der Waals surface area contributed by atoms with Gasteiger partial charge in [-0.05, 0) is 47.4 Å². The lowest BCUT2D eigenvalue weighted by molar-refractivity contribution is -0.142. The minimum atomic E-state index is -3.67. The number of carbonyl (C=O) groups is 1. The lowest BCUT2D eigenvalue weighted by Gasteiger charge is -2.29. The normalized spacial score (nSPS) is 19.9. The Kier molecular flexibility index (Phi) is 4.67. The zero-order chi connectivity index (χ0) is 16.4. The first kappa shape index (κ1) is 16.4. The molecule has 2 heterocycles. The molecule has 1 aliphatic rings. The Hall–Kier alpha value is -1.48. The molecule has 0 amide bonds. The van der Waals surface area contributed by atoms with Crippen LogP contribution in [0.15, 0.2) is 29.6 Å². The molecule has 1 fully saturated rings. The molecule has 0 radical (unpaired) electrons. The Balaban J connectivity index is 1.67. The first-order valence-electron chi connectivity index (χ1n) is 7.39. The zero-order valence-corrected chi connectivity index (χ0v) is 14.1. The van der Waals surface area contributed by atoms with E-state index >= 15 is 0 Å². The highest BCUT2D eigenvalue weighted by Gasteiger charge is 2.31. The van der Waals surface area contributed by atoms with Gasteiger partial charge in [0, 0.05) is 24.3 Å². The van der Waals surface area contributed by atoms with E-state index in [9.17, 15) is 13.2 Å². The SMILES string of the molecule is O=C(O)C1CCCN(S(=O)(=O)NCc2ccc3sccc3c2)C1. The molecule has 1 aromatic carbocycles. The van der Waals surface area contributed by atoms with E-state index in [4.69, 9.17) is 5.11 Å². The molecule has 0 saturated carbocycles. The predicted molar refractivity (Wildman–Crippen MR) is 89.5 cm³/mol. The Morgan fingerprint density at radius 1 is 1.39 bits per heavy atom. The highest BCUT2D eigenvalue weighted by molar-refractivity contribution is 7.87. The van der Waals surface area contributed by atoms with Crippen molar-refractivity contribution in [3.8, 4) is 0 Å². The van der Waals surface area contributed by atoms with Crippen LogP contribution in [0.2, 0.25) is 0 Å². The topological polar surface area (TPSA) is 86.7 Å². The molecular formula is C15H18N2O4S2. The molecule has 23 heavy (non-hydrogen) atoms. The van der Waals surface area contributed by atoms with Crippen LogP contribution in [-0.4, -0.2) is 36.9 Å². The molecule has 1 saturated heterocycles. The third kappa shape index (κ3) is 3.72. The van der Waals surface area contributed by atoms with Crippen molar-refractivity contribution in [1.29, 1.82) is 0 Å². The first-order valence-corrected chi connectivity index (χ1v) is 9.71. The molecule has 6 nitrogen and oxygen atoms in total. The van der Waals surface area contributed by atoms with Gasteiger partial charge in [-0.2, -0.15) is 17.4 Å². The van der Waals surface area contributed by atoms with Crippen molar-refractivity contribution < 1.29 is 18.3 Å². The third-order valence-corrected chi connectivity index (χ3v) is 6.47. The summed E-state index contributed by atoms with van der Waals surface area (Å²) in [6, 6.07) is 7.84. The highest BCUT2D eigenvalue weighted by Crippen LogP contribution is 2.22. The Bertz CT molecular complexity index is 816. The second kappa shape index (κ2) is 6.56. The Morgan fingerprint density at radius 2 is 2.22 bits per heavy atom. The number of fused-ring (bicyclic) bond motifs is 1. The average molecular weight is 354 g/mol. The van der Waals surface area contributed by atoms with Crippen LogP contribution in [-0.2, 0) is 21.5 Å². The van der Waals surface area contributed by atoms with Crippen LogP contribution >= 0.6 is 11.3 Å². The van der Waals surface area contributed by atoms with Crippen molar-refractivity contribution in [2.24, 2.45) is 5.92 Å². The number of carboxylic acids is 1. The molecular weight excluding hydrogens is 336 g/mol. The number of piperidine rings is 1. The summed E-state index contributed by atoms with van der Waals surface area (Å²) in [6.07, 6.45) is 1.09. The van der Waals surface area contributed by atoms with Crippen LogP contribution in [0.3, 0.4) is 0 Å². The van der Waals surface area contributed by atoms with Crippen molar-refractivity contribution in [1.82, 2.24) is 9.03 Å². The first-order chi connectivity index (χ1) is 11.0. The lowest BCUT2D eigenvalue weighted by atomic mass is 10.0. The summed E-state index contributed by atoms with van der Waals surface area (Å²) in [6.45, 7) is 0.596. The van der Waals surface area contributed by atoms with Crippen LogP contribution in [0.25, 0.3) is 10.1 Å². The molecule has 2 N–H and O–H groups in total. The molecule has 124 valence electrons. The predicted octanol–water partition coefficient (Wildman–Crippen LogP) is 2.03. The maximum absolute atomic E-state index is 12.4. The van der Waals surface area contributed by atoms with Gasteiger partial charge in [-0.3, -0.25) is 4.79 Å². The van der Waals surface area contributed by atoms with Crippen molar-refractivity contribution in [2.75, 3.05) is 13.1 Å². The largest absolute Gasteiger partial charge is 0.481 e. The molecule has 0 spiro atoms. The van der Waals surface area contributed by atoms with Crippen molar-refractivity contribution in [3.63, 3.8) is 0 Å². The molecule has 8 heteroatoms. The fourth-order valence-corrected chi connectivity index (χ4v) is 4.80. The van der Waals surface area contributed by atoms with E-state index in [-0.39, 0.29) is 13.1 Å². The standard InChI is InChI=1S/C15H18N2O4S2/c18-15(19)13-2-1-6-17(10-13)23(20,21)16-9-11-3-4-14-12(8-11)5-7-22-14/h3-5,7-8,13,16H,1-2,6,9-10H2,(H,18,19). The number of nitrogens with one attached hydrogen (secondary N) is 1. The van der Waals surface area contributed by atoms with Crippen molar-refractivity contribution in [3.05, 3.63) is 35.2 Å². The van der Waals surface area contributed by atoms with E-state index in [0.717, 1.165) is 15.6 Å². The maximum atomic E-state index is 12.4. The minimum absolute atomic E-state index is 0.0359. The molecule has 1 atom stereocenters. The van der Waals surface area contributed by atoms with Gasteiger partial charge in [0.2, 0.25) is 0 Å². The second-order valence-electron chi connectivity index (χ2n) is 5.65. The van der Waals surface area contributed by atoms with Gasteiger partial charge in [-0.25, -0.2) is 0 Å². The fraction of sp³-hybridized carbons (Fsp3) is 0.400. The summed E-state index contributed by atoms with van der Waals surface area (Å²) >= 11 is 1.64. The van der Waals surface area contributed by atoms with Crippen LogP contribution in [0.4, 0.5) is 0 Å². The number of hydrogen-bond acceptors (Lipinski definition) is 4. The quantitative estimate of drug-likeness (QED) is 0.860. The van der Waals surface area contributed by atoms with Gasteiger partial charge < -0.3 is 5.11 Å². The van der Waals surface area contributed by atoms with Crippen LogP contribution in [0.1, 0.15) is 18.4 Å². The fourth-order valence-electron chi connectivity index (χ4n) is 2.75. The molecule has 0 aliphatic carbocycles. The Labute approximate surface area is 138 Å².